The van der Waals surface area contributed by atoms with Gasteiger partial charge in [-0.2, -0.15) is 0 Å². The van der Waals surface area contributed by atoms with Crippen LogP contribution in [0.3, 0.4) is 0 Å². The van der Waals surface area contributed by atoms with Crippen molar-refractivity contribution in [3.05, 3.63) is 0 Å². The Bertz CT molecular complexity index is 299. The number of carboxylic acid groups (broad SMARTS) is 1. The summed E-state index contributed by atoms with van der Waals surface area (Å²) in [6.45, 7) is 4.39. The fourth-order valence-corrected chi connectivity index (χ4v) is 2.98. The van der Waals surface area contributed by atoms with E-state index in [0.717, 1.165) is 32.1 Å². The summed E-state index contributed by atoms with van der Waals surface area (Å²) in [4.78, 5) is 23.4. The predicted octanol–water partition coefficient (Wildman–Crippen LogP) is 6.15. The van der Waals surface area contributed by atoms with Gasteiger partial charge in [0.25, 0.3) is 0 Å². The second kappa shape index (κ2) is 16.0. The summed E-state index contributed by atoms with van der Waals surface area (Å²) in [5.74, 6) is -1.74. The van der Waals surface area contributed by atoms with E-state index < -0.39 is 11.9 Å². The molecule has 3 heteroatoms. The average Bonchev–Trinajstić information content (AvgIpc) is 2.52. The van der Waals surface area contributed by atoms with E-state index in [4.69, 9.17) is 0 Å². The number of ketones is 1. The third kappa shape index (κ3) is 13.3. The smallest absolute Gasteiger partial charge is 0.314 e. The minimum atomic E-state index is -0.925. The molecular formula is C20H38O3. The predicted molar refractivity (Wildman–Crippen MR) is 96.7 cm³/mol. The minimum absolute atomic E-state index is 0.0559. The third-order valence-corrected chi connectivity index (χ3v) is 4.56. The van der Waals surface area contributed by atoms with E-state index >= 15 is 0 Å². The molecule has 0 amide bonds. The number of Topliss-reactive ketones (excluding diaryl/α,β-unsaturated/α-hetero) is 1. The molecule has 0 radical (unpaired) electrons. The first kappa shape index (κ1) is 22.1. The van der Waals surface area contributed by atoms with Gasteiger partial charge in [0.15, 0.2) is 0 Å². The lowest BCUT2D eigenvalue weighted by Crippen LogP contribution is -2.23. The van der Waals surface area contributed by atoms with E-state index in [0.29, 0.717) is 12.8 Å². The third-order valence-electron chi connectivity index (χ3n) is 4.56. The lowest BCUT2D eigenvalue weighted by Gasteiger charge is -2.11. The van der Waals surface area contributed by atoms with Crippen LogP contribution in [0.25, 0.3) is 0 Å². The second-order valence-corrected chi connectivity index (χ2v) is 6.78. The molecule has 0 aromatic rings. The first-order valence-corrected chi connectivity index (χ1v) is 9.89. The van der Waals surface area contributed by atoms with E-state index in [1.165, 1.54) is 51.4 Å². The Balaban J connectivity index is 3.77. The van der Waals surface area contributed by atoms with Gasteiger partial charge in [-0.15, -0.1) is 0 Å². The summed E-state index contributed by atoms with van der Waals surface area (Å²) < 4.78 is 0. The number of carboxylic acids is 1. The quantitative estimate of drug-likeness (QED) is 0.258. The molecule has 0 aromatic carbocycles. The summed E-state index contributed by atoms with van der Waals surface area (Å²) in [5, 5.41) is 9.26. The Hall–Kier alpha value is -0.860. The lowest BCUT2D eigenvalue weighted by molar-refractivity contribution is -0.146. The zero-order valence-electron chi connectivity index (χ0n) is 15.4. The Kier molecular flexibility index (Phi) is 15.4. The van der Waals surface area contributed by atoms with Gasteiger partial charge in [0.1, 0.15) is 11.7 Å². The van der Waals surface area contributed by atoms with Crippen molar-refractivity contribution in [1.82, 2.24) is 0 Å². The van der Waals surface area contributed by atoms with Crippen molar-refractivity contribution in [2.24, 2.45) is 5.92 Å². The van der Waals surface area contributed by atoms with Crippen molar-refractivity contribution in [2.75, 3.05) is 0 Å². The molecular weight excluding hydrogens is 288 g/mol. The topological polar surface area (TPSA) is 54.4 Å². The second-order valence-electron chi connectivity index (χ2n) is 6.78. The van der Waals surface area contributed by atoms with Crippen molar-refractivity contribution < 1.29 is 14.7 Å². The van der Waals surface area contributed by atoms with Crippen LogP contribution in [0.5, 0.6) is 0 Å². The monoisotopic (exact) mass is 326 g/mol. The van der Waals surface area contributed by atoms with Gasteiger partial charge in [0, 0.05) is 6.42 Å². The molecule has 0 spiro atoms. The lowest BCUT2D eigenvalue weighted by atomic mass is 9.93. The van der Waals surface area contributed by atoms with E-state index in [1.807, 2.05) is 0 Å². The van der Waals surface area contributed by atoms with E-state index in [9.17, 15) is 14.7 Å². The van der Waals surface area contributed by atoms with E-state index in [1.54, 1.807) is 0 Å². The number of unbranched alkanes of at least 4 members (excludes halogenated alkanes) is 11. The molecule has 0 aliphatic carbocycles. The summed E-state index contributed by atoms with van der Waals surface area (Å²) in [5.41, 5.74) is 0. The van der Waals surface area contributed by atoms with Crippen LogP contribution in [-0.4, -0.2) is 16.9 Å². The minimum Gasteiger partial charge on any atom is -0.481 e. The highest BCUT2D eigenvalue weighted by Crippen LogP contribution is 2.17. The molecule has 0 aliphatic rings. The van der Waals surface area contributed by atoms with Crippen molar-refractivity contribution >= 4 is 11.8 Å². The summed E-state index contributed by atoms with van der Waals surface area (Å²) in [7, 11) is 0. The summed E-state index contributed by atoms with van der Waals surface area (Å²) in [6, 6.07) is 0. The highest BCUT2D eigenvalue weighted by atomic mass is 16.4. The molecule has 0 fully saturated rings. The highest BCUT2D eigenvalue weighted by molar-refractivity contribution is 5.98. The zero-order valence-corrected chi connectivity index (χ0v) is 15.4. The van der Waals surface area contributed by atoms with Gasteiger partial charge in [-0.3, -0.25) is 9.59 Å². The number of hydrogen-bond donors (Lipinski definition) is 1. The molecule has 23 heavy (non-hydrogen) atoms. The van der Waals surface area contributed by atoms with Gasteiger partial charge in [0.2, 0.25) is 0 Å². The van der Waals surface area contributed by atoms with Gasteiger partial charge in [-0.25, -0.2) is 0 Å². The molecule has 0 heterocycles. The van der Waals surface area contributed by atoms with E-state index in [-0.39, 0.29) is 5.78 Å². The highest BCUT2D eigenvalue weighted by Gasteiger charge is 2.24. The van der Waals surface area contributed by atoms with Crippen LogP contribution >= 0.6 is 0 Å². The standard InChI is InChI=1S/C20H38O3/c1-3-5-7-9-11-13-15-17-19(21)18(20(22)23)16-14-12-10-8-6-4-2/h18H,3-17H2,1-2H3,(H,22,23)/t18-/m0/s1. The summed E-state index contributed by atoms with van der Waals surface area (Å²) >= 11 is 0. The van der Waals surface area contributed by atoms with Crippen molar-refractivity contribution in [3.63, 3.8) is 0 Å². The van der Waals surface area contributed by atoms with Crippen LogP contribution in [0.2, 0.25) is 0 Å². The number of aliphatic carboxylic acids is 1. The fraction of sp³-hybridized carbons (Fsp3) is 0.900. The zero-order chi connectivity index (χ0) is 17.3. The van der Waals surface area contributed by atoms with Crippen molar-refractivity contribution in [1.29, 1.82) is 0 Å². The average molecular weight is 327 g/mol. The van der Waals surface area contributed by atoms with Gasteiger partial charge in [-0.05, 0) is 12.8 Å². The molecule has 3 nitrogen and oxygen atoms in total. The maximum Gasteiger partial charge on any atom is 0.314 e. The first-order chi connectivity index (χ1) is 11.1. The largest absolute Gasteiger partial charge is 0.481 e. The molecule has 0 aliphatic heterocycles. The molecule has 0 saturated heterocycles. The van der Waals surface area contributed by atoms with Crippen molar-refractivity contribution in [2.45, 2.75) is 110 Å². The molecule has 0 rings (SSSR count). The maximum absolute atomic E-state index is 12.1. The molecule has 1 N–H and O–H groups in total. The van der Waals surface area contributed by atoms with E-state index in [2.05, 4.69) is 13.8 Å². The van der Waals surface area contributed by atoms with Gasteiger partial charge >= 0.3 is 5.97 Å². The molecule has 0 unspecified atom stereocenters. The van der Waals surface area contributed by atoms with Gasteiger partial charge in [0.05, 0.1) is 0 Å². The first-order valence-electron chi connectivity index (χ1n) is 9.89. The molecule has 0 aromatic heterocycles. The SMILES string of the molecule is CCCCCCCCCC(=O)[C@H](CCCCCCCC)C(=O)O. The van der Waals surface area contributed by atoms with Crippen LogP contribution in [0.15, 0.2) is 0 Å². The molecule has 136 valence electrons. The molecule has 0 bridgehead atoms. The Labute approximate surface area is 143 Å². The van der Waals surface area contributed by atoms with Gasteiger partial charge < -0.3 is 5.11 Å². The van der Waals surface area contributed by atoms with Gasteiger partial charge in [-0.1, -0.05) is 90.9 Å². The Morgan fingerprint density at radius 1 is 0.696 bits per heavy atom. The summed E-state index contributed by atoms with van der Waals surface area (Å²) in [6.07, 6.45) is 15.9. The normalized spacial score (nSPS) is 12.3. The van der Waals surface area contributed by atoms with Crippen LogP contribution < -0.4 is 0 Å². The van der Waals surface area contributed by atoms with Crippen molar-refractivity contribution in [3.8, 4) is 0 Å². The van der Waals surface area contributed by atoms with Crippen LogP contribution in [0, 0.1) is 5.92 Å². The number of carbonyl (C=O) groups excluding carboxylic acids is 1. The van der Waals surface area contributed by atoms with Crippen LogP contribution in [0.4, 0.5) is 0 Å². The molecule has 1 atom stereocenters. The number of carbonyl (C=O) groups is 2. The Morgan fingerprint density at radius 3 is 1.61 bits per heavy atom. The maximum atomic E-state index is 12.1. The number of hydrogen-bond acceptors (Lipinski definition) is 2. The molecule has 0 saturated carbocycles. The fourth-order valence-electron chi connectivity index (χ4n) is 2.98. The Morgan fingerprint density at radius 2 is 1.13 bits per heavy atom. The van der Waals surface area contributed by atoms with Crippen LogP contribution in [0.1, 0.15) is 110 Å². The number of rotatable bonds is 17. The van der Waals surface area contributed by atoms with Crippen LogP contribution in [-0.2, 0) is 9.59 Å².